The first-order chi connectivity index (χ1) is 7.77. The second kappa shape index (κ2) is 4.65. The van der Waals surface area contributed by atoms with Gasteiger partial charge in [0.2, 0.25) is 0 Å². The fourth-order valence-electron chi connectivity index (χ4n) is 1.38. The molecular formula is C11H12F3NO2. The van der Waals surface area contributed by atoms with Gasteiger partial charge in [-0.15, -0.1) is 0 Å². The molecule has 3 nitrogen and oxygen atoms in total. The SMILES string of the molecule is CCOc1c(N)cc(C(F)(F)F)cc1C(C)=O. The number of benzene rings is 1. The number of anilines is 1. The summed E-state index contributed by atoms with van der Waals surface area (Å²) in [6.07, 6.45) is -4.54. The van der Waals surface area contributed by atoms with Crippen LogP contribution in [0.5, 0.6) is 5.75 Å². The first kappa shape index (κ1) is 13.3. The number of carbonyl (C=O) groups is 1. The molecule has 0 bridgehead atoms. The van der Waals surface area contributed by atoms with Crippen molar-refractivity contribution in [2.75, 3.05) is 12.3 Å². The standard InChI is InChI=1S/C11H12F3NO2/c1-3-17-10-8(6(2)16)4-7(5-9(10)15)11(12,13)14/h4-5H,3,15H2,1-2H3. The highest BCUT2D eigenvalue weighted by Crippen LogP contribution is 2.36. The molecule has 1 aromatic carbocycles. The van der Waals surface area contributed by atoms with Gasteiger partial charge in [0, 0.05) is 0 Å². The Kier molecular flexibility index (Phi) is 3.65. The number of halogens is 3. The number of carbonyl (C=O) groups excluding carboxylic acids is 1. The zero-order valence-corrected chi connectivity index (χ0v) is 9.39. The summed E-state index contributed by atoms with van der Waals surface area (Å²) >= 11 is 0. The van der Waals surface area contributed by atoms with E-state index in [9.17, 15) is 18.0 Å². The van der Waals surface area contributed by atoms with E-state index in [1.165, 1.54) is 0 Å². The zero-order valence-electron chi connectivity index (χ0n) is 9.39. The van der Waals surface area contributed by atoms with Crippen molar-refractivity contribution < 1.29 is 22.7 Å². The number of ketones is 1. The Hall–Kier alpha value is -1.72. The van der Waals surface area contributed by atoms with Crippen LogP contribution in [0.4, 0.5) is 18.9 Å². The maximum Gasteiger partial charge on any atom is 0.416 e. The maximum atomic E-state index is 12.5. The Morgan fingerprint density at radius 1 is 1.41 bits per heavy atom. The van der Waals surface area contributed by atoms with Gasteiger partial charge < -0.3 is 10.5 Å². The van der Waals surface area contributed by atoms with Gasteiger partial charge in [0.05, 0.1) is 23.4 Å². The highest BCUT2D eigenvalue weighted by molar-refractivity contribution is 5.98. The van der Waals surface area contributed by atoms with Gasteiger partial charge in [-0.3, -0.25) is 4.79 Å². The third-order valence-corrected chi connectivity index (χ3v) is 2.11. The Morgan fingerprint density at radius 2 is 2.00 bits per heavy atom. The van der Waals surface area contributed by atoms with Crippen molar-refractivity contribution in [1.29, 1.82) is 0 Å². The van der Waals surface area contributed by atoms with Crippen molar-refractivity contribution in [2.45, 2.75) is 20.0 Å². The number of hydrogen-bond acceptors (Lipinski definition) is 3. The molecule has 0 aromatic heterocycles. The quantitative estimate of drug-likeness (QED) is 0.660. The molecule has 94 valence electrons. The van der Waals surface area contributed by atoms with Crippen LogP contribution in [-0.4, -0.2) is 12.4 Å². The van der Waals surface area contributed by atoms with Crippen LogP contribution in [0.1, 0.15) is 29.8 Å². The summed E-state index contributed by atoms with van der Waals surface area (Å²) in [5, 5.41) is 0. The van der Waals surface area contributed by atoms with E-state index in [0.29, 0.717) is 0 Å². The molecule has 0 atom stereocenters. The number of ether oxygens (including phenoxy) is 1. The Morgan fingerprint density at radius 3 is 2.41 bits per heavy atom. The largest absolute Gasteiger partial charge is 0.491 e. The average molecular weight is 247 g/mol. The molecule has 17 heavy (non-hydrogen) atoms. The van der Waals surface area contributed by atoms with Crippen molar-refractivity contribution in [3.05, 3.63) is 23.3 Å². The first-order valence-electron chi connectivity index (χ1n) is 4.91. The Bertz CT molecular complexity index is 441. The molecule has 0 aliphatic carbocycles. The summed E-state index contributed by atoms with van der Waals surface area (Å²) in [5.41, 5.74) is 4.17. The third-order valence-electron chi connectivity index (χ3n) is 2.11. The molecule has 0 fully saturated rings. The topological polar surface area (TPSA) is 52.3 Å². The Labute approximate surface area is 96.4 Å². The number of rotatable bonds is 3. The molecule has 1 aromatic rings. The second-order valence-corrected chi connectivity index (χ2v) is 3.43. The van der Waals surface area contributed by atoms with Gasteiger partial charge in [0.1, 0.15) is 0 Å². The van der Waals surface area contributed by atoms with Crippen LogP contribution in [0.2, 0.25) is 0 Å². The van der Waals surface area contributed by atoms with E-state index in [4.69, 9.17) is 10.5 Å². The fraction of sp³-hybridized carbons (Fsp3) is 0.364. The lowest BCUT2D eigenvalue weighted by atomic mass is 10.0. The van der Waals surface area contributed by atoms with Gasteiger partial charge in [0.25, 0.3) is 0 Å². The Balaban J connectivity index is 3.41. The number of hydrogen-bond donors (Lipinski definition) is 1. The number of Topliss-reactive ketones (excluding diaryl/α,β-unsaturated/α-hetero) is 1. The van der Waals surface area contributed by atoms with Gasteiger partial charge in [-0.05, 0) is 26.0 Å². The molecule has 0 saturated heterocycles. The smallest absolute Gasteiger partial charge is 0.416 e. The lowest BCUT2D eigenvalue weighted by Crippen LogP contribution is -2.11. The maximum absolute atomic E-state index is 12.5. The van der Waals surface area contributed by atoms with Crippen molar-refractivity contribution in [3.63, 3.8) is 0 Å². The van der Waals surface area contributed by atoms with Crippen LogP contribution in [-0.2, 0) is 6.18 Å². The van der Waals surface area contributed by atoms with Gasteiger partial charge in [-0.25, -0.2) is 0 Å². The molecule has 0 spiro atoms. The second-order valence-electron chi connectivity index (χ2n) is 3.43. The van der Waals surface area contributed by atoms with Crippen molar-refractivity contribution in [1.82, 2.24) is 0 Å². The van der Waals surface area contributed by atoms with Gasteiger partial charge >= 0.3 is 6.18 Å². The fourth-order valence-corrected chi connectivity index (χ4v) is 1.38. The van der Waals surface area contributed by atoms with Crippen LogP contribution >= 0.6 is 0 Å². The summed E-state index contributed by atoms with van der Waals surface area (Å²) in [7, 11) is 0. The third kappa shape index (κ3) is 2.89. The highest BCUT2D eigenvalue weighted by atomic mass is 19.4. The molecule has 0 unspecified atom stereocenters. The van der Waals surface area contributed by atoms with Gasteiger partial charge in [-0.2, -0.15) is 13.2 Å². The molecule has 0 aliphatic rings. The minimum Gasteiger partial charge on any atom is -0.491 e. The first-order valence-corrected chi connectivity index (χ1v) is 4.91. The molecule has 6 heteroatoms. The zero-order chi connectivity index (χ0) is 13.2. The monoisotopic (exact) mass is 247 g/mol. The van der Waals surface area contributed by atoms with E-state index in [1.807, 2.05) is 0 Å². The molecular weight excluding hydrogens is 235 g/mol. The molecule has 0 amide bonds. The van der Waals surface area contributed by atoms with E-state index < -0.39 is 17.5 Å². The predicted molar refractivity (Wildman–Crippen MR) is 57.0 cm³/mol. The summed E-state index contributed by atoms with van der Waals surface area (Å²) in [4.78, 5) is 11.3. The molecule has 1 rings (SSSR count). The molecule has 0 aliphatic heterocycles. The molecule has 0 heterocycles. The lowest BCUT2D eigenvalue weighted by molar-refractivity contribution is -0.137. The summed E-state index contributed by atoms with van der Waals surface area (Å²) < 4.78 is 42.6. The minimum absolute atomic E-state index is 0.00741. The summed E-state index contributed by atoms with van der Waals surface area (Å²) in [6, 6.07) is 1.52. The van der Waals surface area contributed by atoms with E-state index in [1.54, 1.807) is 6.92 Å². The van der Waals surface area contributed by atoms with E-state index in [2.05, 4.69) is 0 Å². The summed E-state index contributed by atoms with van der Waals surface area (Å²) in [6.45, 7) is 3.04. The molecule has 0 saturated carbocycles. The lowest BCUT2D eigenvalue weighted by Gasteiger charge is -2.14. The number of nitrogen functional groups attached to an aromatic ring is 1. The van der Waals surface area contributed by atoms with Gasteiger partial charge in [0.15, 0.2) is 11.5 Å². The van der Waals surface area contributed by atoms with Crippen LogP contribution in [0.15, 0.2) is 12.1 Å². The van der Waals surface area contributed by atoms with Crippen LogP contribution in [0.3, 0.4) is 0 Å². The van der Waals surface area contributed by atoms with E-state index in [-0.39, 0.29) is 23.6 Å². The van der Waals surface area contributed by atoms with Crippen molar-refractivity contribution in [2.24, 2.45) is 0 Å². The number of nitrogens with two attached hydrogens (primary N) is 1. The van der Waals surface area contributed by atoms with Gasteiger partial charge in [-0.1, -0.05) is 0 Å². The van der Waals surface area contributed by atoms with Crippen molar-refractivity contribution in [3.8, 4) is 5.75 Å². The van der Waals surface area contributed by atoms with Crippen LogP contribution in [0.25, 0.3) is 0 Å². The summed E-state index contributed by atoms with van der Waals surface area (Å²) in [5.74, 6) is -0.515. The van der Waals surface area contributed by atoms with E-state index in [0.717, 1.165) is 19.1 Å². The van der Waals surface area contributed by atoms with Crippen LogP contribution < -0.4 is 10.5 Å². The predicted octanol–water partition coefficient (Wildman–Crippen LogP) is 2.89. The van der Waals surface area contributed by atoms with E-state index >= 15 is 0 Å². The highest BCUT2D eigenvalue weighted by Gasteiger charge is 2.32. The number of alkyl halides is 3. The minimum atomic E-state index is -4.54. The molecule has 0 radical (unpaired) electrons. The van der Waals surface area contributed by atoms with Crippen molar-refractivity contribution >= 4 is 11.5 Å². The average Bonchev–Trinajstić information content (AvgIpc) is 2.18. The normalized spacial score (nSPS) is 11.4. The molecule has 2 N–H and O–H groups in total. The van der Waals surface area contributed by atoms with Crippen LogP contribution in [0, 0.1) is 0 Å².